The maximum atomic E-state index is 13.1. The van der Waals surface area contributed by atoms with Gasteiger partial charge in [0.2, 0.25) is 0 Å². The molecule has 0 saturated carbocycles. The minimum absolute atomic E-state index is 0.482. The van der Waals surface area contributed by atoms with Gasteiger partial charge in [-0.2, -0.15) is 0 Å². The summed E-state index contributed by atoms with van der Waals surface area (Å²) in [5.74, 6) is 1.18. The number of carbonyl (C=O) groups excluding carboxylic acids is 2. The average molecular weight is 663 g/mol. The SMILES string of the molecule is CCCCCCCCc1ccccc1OC(=O)Nc1ccccc1Cc1ccccc1NC(=O)Oc1ccccc1CCCCCCCC. The molecule has 6 heteroatoms. The summed E-state index contributed by atoms with van der Waals surface area (Å²) in [6.07, 6.45) is 15.7. The van der Waals surface area contributed by atoms with E-state index in [4.69, 9.17) is 9.47 Å². The lowest BCUT2D eigenvalue weighted by Gasteiger charge is -2.16. The summed E-state index contributed by atoms with van der Waals surface area (Å²) < 4.78 is 11.6. The number of para-hydroxylation sites is 4. The Kier molecular flexibility index (Phi) is 16.3. The van der Waals surface area contributed by atoms with Crippen molar-refractivity contribution in [3.63, 3.8) is 0 Å². The number of amides is 2. The molecule has 0 unspecified atom stereocenters. The Labute approximate surface area is 293 Å². The predicted octanol–water partition coefficient (Wildman–Crippen LogP) is 12.3. The van der Waals surface area contributed by atoms with E-state index in [2.05, 4.69) is 24.5 Å². The van der Waals surface area contributed by atoms with E-state index in [1.54, 1.807) is 0 Å². The van der Waals surface area contributed by atoms with Crippen LogP contribution in [0, 0.1) is 0 Å². The Bertz CT molecular complexity index is 1470. The lowest BCUT2D eigenvalue weighted by atomic mass is 10.0. The second-order valence-corrected chi connectivity index (χ2v) is 12.8. The number of hydrogen-bond donors (Lipinski definition) is 2. The predicted molar refractivity (Wildman–Crippen MR) is 202 cm³/mol. The third-order valence-electron chi connectivity index (χ3n) is 8.84. The maximum Gasteiger partial charge on any atom is 0.417 e. The van der Waals surface area contributed by atoms with E-state index in [9.17, 15) is 9.59 Å². The van der Waals surface area contributed by atoms with Crippen LogP contribution in [-0.4, -0.2) is 12.2 Å². The molecule has 4 aromatic rings. The van der Waals surface area contributed by atoms with Gasteiger partial charge in [-0.1, -0.05) is 151 Å². The van der Waals surface area contributed by atoms with E-state index in [0.29, 0.717) is 29.3 Å². The number of nitrogens with one attached hydrogen (secondary N) is 2. The minimum Gasteiger partial charge on any atom is -0.410 e. The number of hydrogen-bond acceptors (Lipinski definition) is 4. The second-order valence-electron chi connectivity index (χ2n) is 12.8. The van der Waals surface area contributed by atoms with E-state index in [-0.39, 0.29) is 0 Å². The van der Waals surface area contributed by atoms with Crippen molar-refractivity contribution in [2.75, 3.05) is 10.6 Å². The molecule has 0 bridgehead atoms. The van der Waals surface area contributed by atoms with Crippen molar-refractivity contribution in [3.8, 4) is 11.5 Å². The highest BCUT2D eigenvalue weighted by molar-refractivity contribution is 5.89. The number of unbranched alkanes of at least 4 members (excludes halogenated alkanes) is 10. The largest absolute Gasteiger partial charge is 0.417 e. The summed E-state index contributed by atoms with van der Waals surface area (Å²) in [5, 5.41) is 5.91. The standard InChI is InChI=1S/C43H54N2O4/c1-3-5-7-9-11-13-23-34-25-17-21-31-40(34)48-42(46)44-38-29-19-15-27-36(38)33-37-28-16-20-30-39(37)45-43(47)49-41-32-22-18-26-35(41)24-14-12-10-8-6-4-2/h15-22,25-32H,3-14,23-24,33H2,1-2H3,(H,44,46)(H,45,47). The highest BCUT2D eigenvalue weighted by Crippen LogP contribution is 2.27. The Balaban J connectivity index is 1.35. The molecule has 4 rings (SSSR count). The van der Waals surface area contributed by atoms with Crippen molar-refractivity contribution in [2.24, 2.45) is 0 Å². The first kappa shape index (κ1) is 37.2. The molecule has 0 aliphatic heterocycles. The van der Waals surface area contributed by atoms with Crippen LogP contribution in [-0.2, 0) is 19.3 Å². The fourth-order valence-corrected chi connectivity index (χ4v) is 6.08. The zero-order chi connectivity index (χ0) is 34.5. The molecule has 0 aromatic heterocycles. The van der Waals surface area contributed by atoms with Gasteiger partial charge in [0.1, 0.15) is 11.5 Å². The third-order valence-corrected chi connectivity index (χ3v) is 8.84. The number of benzene rings is 4. The van der Waals surface area contributed by atoms with Gasteiger partial charge < -0.3 is 9.47 Å². The van der Waals surface area contributed by atoms with Gasteiger partial charge >= 0.3 is 12.2 Å². The zero-order valence-electron chi connectivity index (χ0n) is 29.5. The van der Waals surface area contributed by atoms with Gasteiger partial charge in [0.15, 0.2) is 0 Å². The molecule has 49 heavy (non-hydrogen) atoms. The van der Waals surface area contributed by atoms with Crippen molar-refractivity contribution < 1.29 is 19.1 Å². The van der Waals surface area contributed by atoms with Gasteiger partial charge in [-0.15, -0.1) is 0 Å². The normalized spacial score (nSPS) is 10.8. The molecule has 2 N–H and O–H groups in total. The van der Waals surface area contributed by atoms with Crippen molar-refractivity contribution in [3.05, 3.63) is 119 Å². The summed E-state index contributed by atoms with van der Waals surface area (Å²) in [7, 11) is 0. The summed E-state index contributed by atoms with van der Waals surface area (Å²) in [5.41, 5.74) is 5.18. The minimum atomic E-state index is -0.530. The quantitative estimate of drug-likeness (QED) is 0.0923. The fraction of sp³-hybridized carbons (Fsp3) is 0.395. The molecular formula is C43H54N2O4. The molecule has 6 nitrogen and oxygen atoms in total. The van der Waals surface area contributed by atoms with E-state index in [1.807, 2.05) is 97.1 Å². The molecule has 0 aliphatic rings. The first-order valence-electron chi connectivity index (χ1n) is 18.4. The van der Waals surface area contributed by atoms with Crippen molar-refractivity contribution in [1.29, 1.82) is 0 Å². The van der Waals surface area contributed by atoms with Gasteiger partial charge in [-0.25, -0.2) is 9.59 Å². The van der Waals surface area contributed by atoms with Crippen molar-refractivity contribution >= 4 is 23.6 Å². The fourth-order valence-electron chi connectivity index (χ4n) is 6.08. The van der Waals surface area contributed by atoms with Crippen molar-refractivity contribution in [1.82, 2.24) is 0 Å². The monoisotopic (exact) mass is 662 g/mol. The summed E-state index contributed by atoms with van der Waals surface area (Å²) in [6.45, 7) is 4.45. The highest BCUT2D eigenvalue weighted by atomic mass is 16.6. The third kappa shape index (κ3) is 13.1. The van der Waals surface area contributed by atoms with Gasteiger partial charge in [-0.3, -0.25) is 10.6 Å². The van der Waals surface area contributed by atoms with Gasteiger partial charge in [0, 0.05) is 17.8 Å². The molecule has 0 fully saturated rings. The van der Waals surface area contributed by atoms with Gasteiger partial charge in [0.25, 0.3) is 0 Å². The molecule has 2 amide bonds. The molecule has 260 valence electrons. The van der Waals surface area contributed by atoms with Gasteiger partial charge in [0.05, 0.1) is 0 Å². The maximum absolute atomic E-state index is 13.1. The van der Waals surface area contributed by atoms with E-state index >= 15 is 0 Å². The van der Waals surface area contributed by atoms with Crippen LogP contribution in [0.25, 0.3) is 0 Å². The topological polar surface area (TPSA) is 76.7 Å². The van der Waals surface area contributed by atoms with Crippen LogP contribution in [0.1, 0.15) is 113 Å². The molecule has 0 aliphatic carbocycles. The van der Waals surface area contributed by atoms with Crippen LogP contribution in [0.2, 0.25) is 0 Å². The second kappa shape index (κ2) is 21.4. The van der Waals surface area contributed by atoms with E-state index < -0.39 is 12.2 Å². The lowest BCUT2D eigenvalue weighted by molar-refractivity contribution is 0.213. The molecule has 0 saturated heterocycles. The number of anilines is 2. The van der Waals surface area contributed by atoms with Crippen LogP contribution < -0.4 is 20.1 Å². The molecule has 4 aromatic carbocycles. The van der Waals surface area contributed by atoms with Crippen LogP contribution in [0.3, 0.4) is 0 Å². The van der Waals surface area contributed by atoms with E-state index in [0.717, 1.165) is 47.9 Å². The highest BCUT2D eigenvalue weighted by Gasteiger charge is 2.15. The molecule has 0 radical (unpaired) electrons. The summed E-state index contributed by atoms with van der Waals surface area (Å²) in [4.78, 5) is 26.2. The Hall–Kier alpha value is -4.58. The van der Waals surface area contributed by atoms with Crippen LogP contribution in [0.4, 0.5) is 21.0 Å². The average Bonchev–Trinajstić information content (AvgIpc) is 3.11. The van der Waals surface area contributed by atoms with Crippen LogP contribution in [0.15, 0.2) is 97.1 Å². The van der Waals surface area contributed by atoms with Crippen molar-refractivity contribution in [2.45, 2.75) is 110 Å². The number of aryl methyl sites for hydroxylation is 2. The Morgan fingerprint density at radius 3 is 1.22 bits per heavy atom. The van der Waals surface area contributed by atoms with Crippen LogP contribution >= 0.6 is 0 Å². The summed E-state index contributed by atoms with van der Waals surface area (Å²) >= 11 is 0. The Morgan fingerprint density at radius 1 is 0.449 bits per heavy atom. The number of carbonyl (C=O) groups is 2. The molecule has 0 heterocycles. The first-order chi connectivity index (χ1) is 24.1. The lowest BCUT2D eigenvalue weighted by Crippen LogP contribution is -2.19. The number of ether oxygens (including phenoxy) is 2. The van der Waals surface area contributed by atoms with E-state index in [1.165, 1.54) is 64.2 Å². The smallest absolute Gasteiger partial charge is 0.410 e. The molecular weight excluding hydrogens is 608 g/mol. The zero-order valence-corrected chi connectivity index (χ0v) is 29.5. The number of rotatable bonds is 20. The molecule has 0 atom stereocenters. The first-order valence-corrected chi connectivity index (χ1v) is 18.4. The van der Waals surface area contributed by atoms with Crippen LogP contribution in [0.5, 0.6) is 11.5 Å². The molecule has 0 spiro atoms. The van der Waals surface area contributed by atoms with Gasteiger partial charge in [-0.05, 0) is 72.2 Å². The summed E-state index contributed by atoms with van der Waals surface area (Å²) in [6, 6.07) is 30.8. The Morgan fingerprint density at radius 2 is 0.796 bits per heavy atom.